The van der Waals surface area contributed by atoms with Crippen LogP contribution in [0.4, 0.5) is 5.69 Å². The molecule has 1 unspecified atom stereocenters. The molecule has 0 aliphatic heterocycles. The van der Waals surface area contributed by atoms with E-state index in [4.69, 9.17) is 17.3 Å². The third-order valence-corrected chi connectivity index (χ3v) is 2.61. The summed E-state index contributed by atoms with van der Waals surface area (Å²) in [5.74, 6) is -0.365. The highest BCUT2D eigenvalue weighted by molar-refractivity contribution is 6.34. The van der Waals surface area contributed by atoms with E-state index >= 15 is 0 Å². The van der Waals surface area contributed by atoms with Crippen molar-refractivity contribution in [3.05, 3.63) is 38.9 Å². The highest BCUT2D eigenvalue weighted by atomic mass is 35.5. The van der Waals surface area contributed by atoms with Crippen molar-refractivity contribution in [1.82, 2.24) is 5.32 Å². The molecular weight excluding hydrogens is 293 g/mol. The number of nitro benzene ring substituents is 1. The van der Waals surface area contributed by atoms with E-state index in [9.17, 15) is 14.9 Å². The van der Waals surface area contributed by atoms with Gasteiger partial charge in [-0.2, -0.15) is 0 Å². The molecule has 106 valence electrons. The predicted molar refractivity (Wildman–Crippen MR) is 76.0 cm³/mol. The van der Waals surface area contributed by atoms with Crippen LogP contribution in [0.15, 0.2) is 18.2 Å². The number of non-ortho nitro benzene ring substituents is 1. The molecule has 1 aromatic carbocycles. The number of nitrogens with two attached hydrogens (primary N) is 1. The second-order valence-electron chi connectivity index (χ2n) is 3.94. The number of amides is 1. The summed E-state index contributed by atoms with van der Waals surface area (Å²) in [6, 6.07) is 3.73. The van der Waals surface area contributed by atoms with Gasteiger partial charge >= 0.3 is 0 Å². The van der Waals surface area contributed by atoms with Crippen molar-refractivity contribution < 1.29 is 9.72 Å². The number of carbonyl (C=O) groups excluding carboxylic acids is 1. The van der Waals surface area contributed by atoms with Crippen LogP contribution in [0.3, 0.4) is 0 Å². The minimum absolute atomic E-state index is 0. The Kier molecular flexibility index (Phi) is 7.36. The molecule has 0 saturated heterocycles. The molecule has 0 aliphatic rings. The maximum Gasteiger partial charge on any atom is 0.270 e. The van der Waals surface area contributed by atoms with Crippen LogP contribution in [0.2, 0.25) is 5.02 Å². The first kappa shape index (κ1) is 17.6. The van der Waals surface area contributed by atoms with Crippen LogP contribution < -0.4 is 11.1 Å². The summed E-state index contributed by atoms with van der Waals surface area (Å²) in [4.78, 5) is 21.7. The largest absolute Gasteiger partial charge is 0.352 e. The Morgan fingerprint density at radius 1 is 1.58 bits per heavy atom. The molecule has 0 radical (unpaired) electrons. The average Bonchev–Trinajstić information content (AvgIpc) is 2.27. The van der Waals surface area contributed by atoms with Gasteiger partial charge in [0, 0.05) is 24.7 Å². The minimum Gasteiger partial charge on any atom is -0.352 e. The average molecular weight is 308 g/mol. The highest BCUT2D eigenvalue weighted by Gasteiger charge is 2.14. The Bertz CT molecular complexity index is 466. The van der Waals surface area contributed by atoms with Crippen molar-refractivity contribution in [3.63, 3.8) is 0 Å². The van der Waals surface area contributed by atoms with Crippen molar-refractivity contribution in [3.8, 4) is 0 Å². The lowest BCUT2D eigenvalue weighted by Crippen LogP contribution is -2.29. The van der Waals surface area contributed by atoms with Gasteiger partial charge in [0.2, 0.25) is 0 Å². The number of rotatable bonds is 5. The van der Waals surface area contributed by atoms with Gasteiger partial charge in [0.05, 0.1) is 15.5 Å². The van der Waals surface area contributed by atoms with Gasteiger partial charge < -0.3 is 11.1 Å². The number of nitrogens with zero attached hydrogens (tertiary/aromatic N) is 1. The van der Waals surface area contributed by atoms with E-state index in [2.05, 4.69) is 5.32 Å². The zero-order chi connectivity index (χ0) is 13.7. The highest BCUT2D eigenvalue weighted by Crippen LogP contribution is 2.22. The first-order valence-electron chi connectivity index (χ1n) is 5.39. The first-order valence-corrected chi connectivity index (χ1v) is 5.77. The van der Waals surface area contributed by atoms with Crippen LogP contribution in [-0.2, 0) is 0 Å². The van der Waals surface area contributed by atoms with Crippen LogP contribution in [0.5, 0.6) is 0 Å². The van der Waals surface area contributed by atoms with Crippen molar-refractivity contribution >= 4 is 35.6 Å². The molecule has 1 amide bonds. The summed E-state index contributed by atoms with van der Waals surface area (Å²) in [5.41, 5.74) is 5.62. The molecule has 8 heteroatoms. The maximum absolute atomic E-state index is 11.7. The topological polar surface area (TPSA) is 98.3 Å². The molecule has 0 bridgehead atoms. The molecule has 6 nitrogen and oxygen atoms in total. The molecule has 0 heterocycles. The van der Waals surface area contributed by atoms with Crippen LogP contribution >= 0.6 is 24.0 Å². The zero-order valence-electron chi connectivity index (χ0n) is 10.3. The second kappa shape index (κ2) is 7.93. The fourth-order valence-electron chi connectivity index (χ4n) is 1.31. The molecule has 0 aromatic heterocycles. The van der Waals surface area contributed by atoms with Crippen molar-refractivity contribution in [1.29, 1.82) is 0 Å². The molecule has 0 aliphatic carbocycles. The van der Waals surface area contributed by atoms with Gasteiger partial charge in [-0.15, -0.1) is 12.4 Å². The Morgan fingerprint density at radius 2 is 2.21 bits per heavy atom. The first-order chi connectivity index (χ1) is 8.41. The number of hydrogen-bond donors (Lipinski definition) is 2. The third kappa shape index (κ3) is 5.42. The van der Waals surface area contributed by atoms with E-state index in [0.717, 1.165) is 6.07 Å². The van der Waals surface area contributed by atoms with Gasteiger partial charge in [0.1, 0.15) is 0 Å². The number of nitro groups is 1. The lowest BCUT2D eigenvalue weighted by atomic mass is 10.2. The number of benzene rings is 1. The van der Waals surface area contributed by atoms with Gasteiger partial charge in [-0.1, -0.05) is 11.6 Å². The molecule has 0 spiro atoms. The van der Waals surface area contributed by atoms with Gasteiger partial charge in [0.15, 0.2) is 0 Å². The summed E-state index contributed by atoms with van der Waals surface area (Å²) in [5, 5.41) is 13.2. The Hall–Kier alpha value is -1.37. The molecule has 1 atom stereocenters. The predicted octanol–water partition coefficient (Wildman–Crippen LogP) is 2.14. The minimum atomic E-state index is -0.566. The lowest BCUT2D eigenvalue weighted by Gasteiger charge is -2.08. The molecule has 19 heavy (non-hydrogen) atoms. The van der Waals surface area contributed by atoms with Crippen LogP contribution in [0.25, 0.3) is 0 Å². The fraction of sp³-hybridized carbons (Fsp3) is 0.364. The summed E-state index contributed by atoms with van der Waals surface area (Å²) in [6.45, 7) is 2.27. The maximum atomic E-state index is 11.7. The van der Waals surface area contributed by atoms with E-state index in [1.807, 2.05) is 6.92 Å². The van der Waals surface area contributed by atoms with Gasteiger partial charge in [-0.25, -0.2) is 0 Å². The van der Waals surface area contributed by atoms with E-state index in [-0.39, 0.29) is 40.6 Å². The molecule has 0 fully saturated rings. The monoisotopic (exact) mass is 307 g/mol. The second-order valence-corrected chi connectivity index (χ2v) is 4.35. The van der Waals surface area contributed by atoms with Gasteiger partial charge in [-0.05, 0) is 19.4 Å². The SMILES string of the molecule is CC(N)CCNC(=O)c1ccc([N+](=O)[O-])cc1Cl.Cl. The van der Waals surface area contributed by atoms with Crippen LogP contribution in [-0.4, -0.2) is 23.4 Å². The smallest absolute Gasteiger partial charge is 0.270 e. The van der Waals surface area contributed by atoms with E-state index in [1.165, 1.54) is 12.1 Å². The third-order valence-electron chi connectivity index (χ3n) is 2.29. The van der Waals surface area contributed by atoms with Crippen molar-refractivity contribution in [2.24, 2.45) is 5.73 Å². The Balaban J connectivity index is 0.00000324. The number of carbonyl (C=O) groups is 1. The molecule has 0 saturated carbocycles. The van der Waals surface area contributed by atoms with E-state index < -0.39 is 4.92 Å². The lowest BCUT2D eigenvalue weighted by molar-refractivity contribution is -0.384. The summed E-state index contributed by atoms with van der Waals surface area (Å²) in [6.07, 6.45) is 0.649. The molecule has 1 aromatic rings. The van der Waals surface area contributed by atoms with Crippen molar-refractivity contribution in [2.75, 3.05) is 6.54 Å². The normalized spacial score (nSPS) is 11.3. The van der Waals surface area contributed by atoms with Gasteiger partial charge in [0.25, 0.3) is 11.6 Å². The van der Waals surface area contributed by atoms with Crippen LogP contribution in [0.1, 0.15) is 23.7 Å². The number of halogens is 2. The molecular formula is C11H15Cl2N3O3. The quantitative estimate of drug-likeness (QED) is 0.643. The molecule has 1 rings (SSSR count). The standard InChI is InChI=1S/C11H14ClN3O3.ClH/c1-7(13)4-5-14-11(16)9-3-2-8(15(17)18)6-10(9)12;/h2-3,6-7H,4-5,13H2,1H3,(H,14,16);1H. The van der Waals surface area contributed by atoms with Crippen molar-refractivity contribution in [2.45, 2.75) is 19.4 Å². The van der Waals surface area contributed by atoms with E-state index in [1.54, 1.807) is 0 Å². The summed E-state index contributed by atoms with van der Waals surface area (Å²) in [7, 11) is 0. The number of hydrogen-bond acceptors (Lipinski definition) is 4. The van der Waals surface area contributed by atoms with Crippen LogP contribution in [0, 0.1) is 10.1 Å². The zero-order valence-corrected chi connectivity index (χ0v) is 11.8. The van der Waals surface area contributed by atoms with E-state index in [0.29, 0.717) is 13.0 Å². The fourth-order valence-corrected chi connectivity index (χ4v) is 1.57. The Labute approximate surface area is 121 Å². The van der Waals surface area contributed by atoms with Gasteiger partial charge in [-0.3, -0.25) is 14.9 Å². The summed E-state index contributed by atoms with van der Waals surface area (Å²) < 4.78 is 0. The molecule has 3 N–H and O–H groups in total. The number of nitrogens with one attached hydrogen (secondary N) is 1. The summed E-state index contributed by atoms with van der Waals surface area (Å²) >= 11 is 5.82. The Morgan fingerprint density at radius 3 is 2.68 bits per heavy atom.